The minimum absolute atomic E-state index is 0.0285. The van der Waals surface area contributed by atoms with Crippen LogP contribution in [0.3, 0.4) is 0 Å². The number of aromatic nitrogens is 4. The molecule has 240 valence electrons. The number of hydrogen-bond acceptors (Lipinski definition) is 6. The van der Waals surface area contributed by atoms with Crippen molar-refractivity contribution in [1.29, 1.82) is 0 Å². The van der Waals surface area contributed by atoms with Crippen LogP contribution in [0.4, 0.5) is 15.5 Å². The van der Waals surface area contributed by atoms with Crippen LogP contribution in [0, 0.1) is 0 Å². The first-order valence-electron chi connectivity index (χ1n) is 15.1. The zero-order valence-corrected chi connectivity index (χ0v) is 26.9. The van der Waals surface area contributed by atoms with E-state index < -0.39 is 6.09 Å². The maximum absolute atomic E-state index is 12.6. The molecule has 0 aliphatic rings. The molecule has 12 nitrogen and oxygen atoms in total. The van der Waals surface area contributed by atoms with Gasteiger partial charge >= 0.3 is 12.1 Å². The number of benzene rings is 2. The lowest BCUT2D eigenvalue weighted by Gasteiger charge is -2.21. The summed E-state index contributed by atoms with van der Waals surface area (Å²) >= 11 is 0. The number of aromatic amines is 2. The van der Waals surface area contributed by atoms with E-state index in [1.54, 1.807) is 17.3 Å². The van der Waals surface area contributed by atoms with Gasteiger partial charge in [-0.3, -0.25) is 10.1 Å². The summed E-state index contributed by atoms with van der Waals surface area (Å²) in [6.07, 6.45) is 4.81. The van der Waals surface area contributed by atoms with Crippen LogP contribution in [0.1, 0.15) is 53.3 Å². The summed E-state index contributed by atoms with van der Waals surface area (Å²) in [6.45, 7) is 10.7. The highest BCUT2D eigenvalue weighted by Crippen LogP contribution is 2.27. The van der Waals surface area contributed by atoms with Gasteiger partial charge in [-0.15, -0.1) is 0 Å². The number of anilines is 1. The first kappa shape index (κ1) is 34.4. The summed E-state index contributed by atoms with van der Waals surface area (Å²) in [4.78, 5) is 52.6. The molecule has 2 aromatic heterocycles. The predicted molar refractivity (Wildman–Crippen MR) is 176 cm³/mol. The molecule has 0 aliphatic heterocycles. The highest BCUT2D eigenvalue weighted by Gasteiger charge is 2.16. The summed E-state index contributed by atoms with van der Waals surface area (Å²) in [5.74, 6) is 0.821. The summed E-state index contributed by atoms with van der Waals surface area (Å²) in [6, 6.07) is 15.9. The number of hydrogen-bond donors (Lipinski definition) is 5. The fourth-order valence-corrected chi connectivity index (χ4v) is 4.29. The van der Waals surface area contributed by atoms with Crippen LogP contribution < -0.4 is 16.0 Å². The number of rotatable bonds is 11. The maximum atomic E-state index is 12.6. The largest absolute Gasteiger partial charge is 0.453 e. The van der Waals surface area contributed by atoms with Crippen molar-refractivity contribution >= 4 is 24.0 Å². The van der Waals surface area contributed by atoms with E-state index >= 15 is 0 Å². The molecule has 0 unspecified atom stereocenters. The van der Waals surface area contributed by atoms with Crippen LogP contribution in [0.2, 0.25) is 0 Å². The van der Waals surface area contributed by atoms with E-state index in [1.807, 2.05) is 69.3 Å². The van der Waals surface area contributed by atoms with Gasteiger partial charge in [0.15, 0.2) is 0 Å². The molecule has 2 aromatic carbocycles. The number of nitrogens with one attached hydrogen (secondary N) is 5. The van der Waals surface area contributed by atoms with E-state index in [9.17, 15) is 14.4 Å². The number of ether oxygens (including phenoxy) is 1. The van der Waals surface area contributed by atoms with Crippen molar-refractivity contribution in [2.24, 2.45) is 0 Å². The third-order valence-corrected chi connectivity index (χ3v) is 6.34. The first-order valence-corrected chi connectivity index (χ1v) is 15.1. The molecule has 0 aliphatic carbocycles. The molecule has 12 heteroatoms. The van der Waals surface area contributed by atoms with Crippen molar-refractivity contribution in [1.82, 2.24) is 35.5 Å². The Balaban J connectivity index is 0.00000177. The number of methoxy groups -OCH3 is 1. The third-order valence-electron chi connectivity index (χ3n) is 6.34. The fourth-order valence-electron chi connectivity index (χ4n) is 4.29. The van der Waals surface area contributed by atoms with Crippen LogP contribution >= 0.6 is 0 Å². The van der Waals surface area contributed by atoms with Gasteiger partial charge in [-0.25, -0.2) is 19.6 Å². The Morgan fingerprint density at radius 1 is 0.844 bits per heavy atom. The molecule has 4 amide bonds. The molecule has 0 fully saturated rings. The zero-order valence-electron chi connectivity index (χ0n) is 26.9. The van der Waals surface area contributed by atoms with E-state index in [2.05, 4.69) is 54.5 Å². The highest BCUT2D eigenvalue weighted by atomic mass is 16.5. The number of alkyl carbamates (subject to hydrolysis) is 1. The van der Waals surface area contributed by atoms with E-state index in [0.717, 1.165) is 40.1 Å². The van der Waals surface area contributed by atoms with E-state index in [1.165, 1.54) is 13.5 Å². The number of carbonyl (C=O) groups excluding carboxylic acids is 3. The Morgan fingerprint density at radius 3 is 1.91 bits per heavy atom. The lowest BCUT2D eigenvalue weighted by atomic mass is 10.0. The monoisotopic (exact) mass is 616 g/mol. The highest BCUT2D eigenvalue weighted by molar-refractivity contribution is 5.88. The van der Waals surface area contributed by atoms with Gasteiger partial charge in [0.2, 0.25) is 11.9 Å². The van der Waals surface area contributed by atoms with Gasteiger partial charge in [0.1, 0.15) is 12.4 Å². The van der Waals surface area contributed by atoms with Gasteiger partial charge in [0.05, 0.1) is 37.4 Å². The van der Waals surface area contributed by atoms with Gasteiger partial charge in [-0.05, 0) is 42.5 Å². The first-order chi connectivity index (χ1) is 21.7. The number of urea groups is 1. The normalized spacial score (nSPS) is 10.5. The van der Waals surface area contributed by atoms with Crippen LogP contribution in [0.25, 0.3) is 33.6 Å². The average molecular weight is 617 g/mol. The smallest absolute Gasteiger partial charge is 0.407 e. The molecule has 0 radical (unpaired) electrons. The second-order valence-corrected chi connectivity index (χ2v) is 10.7. The molecule has 0 atom stereocenters. The SMILES string of the molecule is CCC.CCCN(Cc1ncc(-c2ccc(-c3ccc(-c4cnc(NC(=O)NC(C)C)[nH]4)cc3)cc2)[nH]1)C(=O)CNC(=O)OC. The van der Waals surface area contributed by atoms with Crippen LogP contribution in [0.15, 0.2) is 60.9 Å². The minimum atomic E-state index is -0.645. The fraction of sp³-hybridized carbons (Fsp3) is 0.364. The molecule has 5 N–H and O–H groups in total. The number of carbonyl (C=O) groups is 3. The topological polar surface area (TPSA) is 157 Å². The van der Waals surface area contributed by atoms with E-state index in [0.29, 0.717) is 24.9 Å². The van der Waals surface area contributed by atoms with Gasteiger partial charge in [0, 0.05) is 12.6 Å². The molecule has 0 saturated heterocycles. The van der Waals surface area contributed by atoms with Gasteiger partial charge in [-0.1, -0.05) is 75.7 Å². The van der Waals surface area contributed by atoms with Crippen molar-refractivity contribution in [3.63, 3.8) is 0 Å². The molecule has 45 heavy (non-hydrogen) atoms. The lowest BCUT2D eigenvalue weighted by molar-refractivity contribution is -0.130. The molecule has 2 heterocycles. The Labute approximate surface area is 264 Å². The maximum Gasteiger partial charge on any atom is 0.407 e. The van der Waals surface area contributed by atoms with Crippen LogP contribution in [-0.2, 0) is 16.1 Å². The molecular formula is C33H44N8O4. The molecule has 4 rings (SSSR count). The van der Waals surface area contributed by atoms with Crippen molar-refractivity contribution in [2.45, 2.75) is 60.0 Å². The number of H-pyrrole nitrogens is 2. The lowest BCUT2D eigenvalue weighted by Crippen LogP contribution is -2.40. The number of nitrogens with zero attached hydrogens (tertiary/aromatic N) is 3. The minimum Gasteiger partial charge on any atom is -0.453 e. The van der Waals surface area contributed by atoms with Crippen molar-refractivity contribution in [3.8, 4) is 33.6 Å². The standard InChI is InChI=1S/C30H36N8O4.C3H8/c1-5-14-38(27(39)17-33-30(41)42-4)18-26-31-15-24(35-26)22-10-6-20(7-11-22)21-8-12-23(13-9-21)25-16-32-28(36-25)37-29(40)34-19(2)3;1-3-2/h6-13,15-16,19H,5,14,17-18H2,1-4H3,(H,31,35)(H,33,41)(H3,32,34,36,37,40);3H2,1-2H3. The van der Waals surface area contributed by atoms with Crippen LogP contribution in [-0.4, -0.2) is 69.1 Å². The Bertz CT molecular complexity index is 1510. The van der Waals surface area contributed by atoms with Gasteiger partial charge in [-0.2, -0.15) is 0 Å². The summed E-state index contributed by atoms with van der Waals surface area (Å²) in [5.41, 5.74) is 5.66. The molecule has 4 aromatic rings. The third kappa shape index (κ3) is 10.5. The van der Waals surface area contributed by atoms with E-state index in [-0.39, 0.29) is 24.5 Å². The predicted octanol–water partition coefficient (Wildman–Crippen LogP) is 6.17. The second-order valence-electron chi connectivity index (χ2n) is 10.7. The molecule has 0 saturated carbocycles. The summed E-state index contributed by atoms with van der Waals surface area (Å²) < 4.78 is 4.53. The van der Waals surface area contributed by atoms with Gasteiger partial charge < -0.3 is 30.2 Å². The summed E-state index contributed by atoms with van der Waals surface area (Å²) in [5, 5.41) is 7.88. The average Bonchev–Trinajstić information content (AvgIpc) is 3.69. The van der Waals surface area contributed by atoms with Crippen molar-refractivity contribution < 1.29 is 19.1 Å². The Morgan fingerprint density at radius 2 is 1.38 bits per heavy atom. The Kier molecular flexibility index (Phi) is 13.2. The van der Waals surface area contributed by atoms with Gasteiger partial charge in [0.25, 0.3) is 0 Å². The Hall–Kier alpha value is -5.13. The summed E-state index contributed by atoms with van der Waals surface area (Å²) in [7, 11) is 1.26. The molecular weight excluding hydrogens is 572 g/mol. The molecule has 0 bridgehead atoms. The second kappa shape index (κ2) is 17.2. The van der Waals surface area contributed by atoms with E-state index in [4.69, 9.17) is 0 Å². The quantitative estimate of drug-likeness (QED) is 0.136. The van der Waals surface area contributed by atoms with Crippen molar-refractivity contribution in [2.75, 3.05) is 25.5 Å². The molecule has 0 spiro atoms. The van der Waals surface area contributed by atoms with Crippen LogP contribution in [0.5, 0.6) is 0 Å². The van der Waals surface area contributed by atoms with Crippen molar-refractivity contribution in [3.05, 3.63) is 66.7 Å². The number of imidazole rings is 2. The number of amides is 4. The zero-order chi connectivity index (χ0) is 32.8.